The average molecular weight is 370 g/mol. The molecule has 1 saturated heterocycles. The van der Waals surface area contributed by atoms with Gasteiger partial charge in [-0.15, -0.1) is 0 Å². The minimum Gasteiger partial charge on any atom is -0.381 e. The predicted molar refractivity (Wildman–Crippen MR) is 109 cm³/mol. The van der Waals surface area contributed by atoms with Crippen LogP contribution >= 0.6 is 0 Å². The van der Waals surface area contributed by atoms with Gasteiger partial charge in [0.2, 0.25) is 0 Å². The van der Waals surface area contributed by atoms with Crippen LogP contribution in [0, 0.1) is 13.8 Å². The number of aliphatic imine (C=N–C) groups is 1. The smallest absolute Gasteiger partial charge is 0.191 e. The van der Waals surface area contributed by atoms with E-state index < -0.39 is 0 Å². The van der Waals surface area contributed by atoms with E-state index in [-0.39, 0.29) is 5.41 Å². The van der Waals surface area contributed by atoms with Crippen molar-refractivity contribution in [3.8, 4) is 0 Å². The van der Waals surface area contributed by atoms with Gasteiger partial charge in [0.05, 0.1) is 5.69 Å². The monoisotopic (exact) mass is 369 g/mol. The van der Waals surface area contributed by atoms with E-state index in [2.05, 4.69) is 58.0 Å². The van der Waals surface area contributed by atoms with Gasteiger partial charge in [0.25, 0.3) is 0 Å². The summed E-state index contributed by atoms with van der Waals surface area (Å²) in [5.74, 6) is 0.819. The summed E-state index contributed by atoms with van der Waals surface area (Å²) in [5, 5.41) is 11.5. The van der Waals surface area contributed by atoms with E-state index in [9.17, 15) is 0 Å². The summed E-state index contributed by atoms with van der Waals surface area (Å²) >= 11 is 0. The van der Waals surface area contributed by atoms with E-state index in [0.717, 1.165) is 44.3 Å². The van der Waals surface area contributed by atoms with Crippen molar-refractivity contribution < 1.29 is 4.74 Å². The molecule has 0 atom stereocenters. The molecule has 0 saturated carbocycles. The Kier molecular flexibility index (Phi) is 6.16. The summed E-state index contributed by atoms with van der Waals surface area (Å²) in [6, 6.07) is 10.8. The molecule has 2 aromatic rings. The van der Waals surface area contributed by atoms with Gasteiger partial charge in [-0.25, -0.2) is 0 Å². The zero-order valence-corrected chi connectivity index (χ0v) is 16.9. The van der Waals surface area contributed by atoms with Gasteiger partial charge in [-0.05, 0) is 32.3 Å². The van der Waals surface area contributed by atoms with Crippen molar-refractivity contribution in [3.05, 3.63) is 52.8 Å². The van der Waals surface area contributed by atoms with Crippen LogP contribution < -0.4 is 10.6 Å². The summed E-state index contributed by atoms with van der Waals surface area (Å²) in [5.41, 5.74) is 4.92. The molecule has 146 valence electrons. The van der Waals surface area contributed by atoms with Crippen molar-refractivity contribution >= 4 is 5.96 Å². The van der Waals surface area contributed by atoms with Gasteiger partial charge in [-0.2, -0.15) is 5.10 Å². The fourth-order valence-electron chi connectivity index (χ4n) is 3.84. The van der Waals surface area contributed by atoms with Crippen LogP contribution in [0.3, 0.4) is 0 Å². The summed E-state index contributed by atoms with van der Waals surface area (Å²) < 4.78 is 7.56. The molecule has 27 heavy (non-hydrogen) atoms. The SMILES string of the molecule is CN=C(NCc1c(C)nn(C)c1C)NCC1(c2ccccc2)CCOCC1. The second kappa shape index (κ2) is 8.57. The molecule has 1 aromatic carbocycles. The Morgan fingerprint density at radius 1 is 1.19 bits per heavy atom. The van der Waals surface area contributed by atoms with Crippen molar-refractivity contribution in [1.82, 2.24) is 20.4 Å². The first kappa shape index (κ1) is 19.4. The van der Waals surface area contributed by atoms with Crippen LogP contribution in [-0.4, -0.2) is 42.5 Å². The van der Waals surface area contributed by atoms with Gasteiger partial charge in [0.15, 0.2) is 5.96 Å². The first-order chi connectivity index (χ1) is 13.1. The lowest BCUT2D eigenvalue weighted by atomic mass is 9.74. The number of guanidine groups is 1. The molecule has 1 fully saturated rings. The Balaban J connectivity index is 1.66. The Morgan fingerprint density at radius 3 is 2.48 bits per heavy atom. The van der Waals surface area contributed by atoms with Crippen molar-refractivity contribution in [2.24, 2.45) is 12.0 Å². The van der Waals surface area contributed by atoms with Crippen molar-refractivity contribution in [1.29, 1.82) is 0 Å². The molecule has 0 aliphatic carbocycles. The van der Waals surface area contributed by atoms with Gasteiger partial charge in [0.1, 0.15) is 0 Å². The molecule has 1 aromatic heterocycles. The lowest BCUT2D eigenvalue weighted by Crippen LogP contribution is -2.48. The third kappa shape index (κ3) is 4.33. The highest BCUT2D eigenvalue weighted by atomic mass is 16.5. The number of hydrogen-bond donors (Lipinski definition) is 2. The number of aryl methyl sites for hydroxylation is 2. The maximum absolute atomic E-state index is 5.63. The molecule has 1 aliphatic rings. The lowest BCUT2D eigenvalue weighted by molar-refractivity contribution is 0.0514. The van der Waals surface area contributed by atoms with Gasteiger partial charge < -0.3 is 15.4 Å². The predicted octanol–water partition coefficient (Wildman–Crippen LogP) is 2.45. The summed E-state index contributed by atoms with van der Waals surface area (Å²) in [6.45, 7) is 7.30. The van der Waals surface area contributed by atoms with Gasteiger partial charge in [-0.3, -0.25) is 9.67 Å². The molecule has 0 bridgehead atoms. The number of benzene rings is 1. The number of nitrogens with zero attached hydrogens (tertiary/aromatic N) is 3. The van der Waals surface area contributed by atoms with Crippen LogP contribution in [0.5, 0.6) is 0 Å². The highest BCUT2D eigenvalue weighted by Gasteiger charge is 2.34. The quantitative estimate of drug-likeness (QED) is 0.628. The third-order valence-corrected chi connectivity index (χ3v) is 5.75. The Bertz CT molecular complexity index is 775. The largest absolute Gasteiger partial charge is 0.381 e. The van der Waals surface area contributed by atoms with E-state index in [1.807, 2.05) is 25.7 Å². The molecule has 0 spiro atoms. The van der Waals surface area contributed by atoms with Crippen LogP contribution in [0.25, 0.3) is 0 Å². The van der Waals surface area contributed by atoms with E-state index in [1.54, 1.807) is 0 Å². The van der Waals surface area contributed by atoms with E-state index in [1.165, 1.54) is 16.8 Å². The second-order valence-electron chi connectivity index (χ2n) is 7.31. The number of hydrogen-bond acceptors (Lipinski definition) is 3. The molecule has 1 aliphatic heterocycles. The molecule has 6 heteroatoms. The van der Waals surface area contributed by atoms with E-state index in [0.29, 0.717) is 6.54 Å². The number of rotatable bonds is 5. The number of nitrogens with one attached hydrogen (secondary N) is 2. The topological polar surface area (TPSA) is 63.5 Å². The van der Waals surface area contributed by atoms with Crippen molar-refractivity contribution in [3.63, 3.8) is 0 Å². The van der Waals surface area contributed by atoms with Crippen molar-refractivity contribution in [2.45, 2.75) is 38.6 Å². The summed E-state index contributed by atoms with van der Waals surface area (Å²) in [4.78, 5) is 4.41. The summed E-state index contributed by atoms with van der Waals surface area (Å²) in [6.07, 6.45) is 2.03. The zero-order valence-electron chi connectivity index (χ0n) is 16.9. The highest BCUT2D eigenvalue weighted by molar-refractivity contribution is 5.79. The molecule has 2 N–H and O–H groups in total. The Morgan fingerprint density at radius 2 is 1.89 bits per heavy atom. The van der Waals surface area contributed by atoms with Crippen LogP contribution in [0.2, 0.25) is 0 Å². The second-order valence-corrected chi connectivity index (χ2v) is 7.31. The standard InChI is InChI=1S/C21H31N5O/c1-16-19(17(2)26(4)25-16)14-23-20(22-3)24-15-21(10-12-27-13-11-21)18-8-6-5-7-9-18/h5-9H,10-15H2,1-4H3,(H2,22,23,24). The first-order valence-electron chi connectivity index (χ1n) is 9.62. The number of aromatic nitrogens is 2. The highest BCUT2D eigenvalue weighted by Crippen LogP contribution is 2.34. The van der Waals surface area contributed by atoms with Crippen molar-refractivity contribution in [2.75, 3.05) is 26.8 Å². The Labute approximate surface area is 162 Å². The molecule has 0 radical (unpaired) electrons. The van der Waals surface area contributed by atoms with Gasteiger partial charge in [0, 0.05) is 57.1 Å². The van der Waals surface area contributed by atoms with Crippen LogP contribution in [0.4, 0.5) is 0 Å². The molecular weight excluding hydrogens is 338 g/mol. The third-order valence-electron chi connectivity index (χ3n) is 5.75. The maximum Gasteiger partial charge on any atom is 0.191 e. The maximum atomic E-state index is 5.63. The normalized spacial score (nSPS) is 17.0. The lowest BCUT2D eigenvalue weighted by Gasteiger charge is -2.38. The minimum atomic E-state index is 0.0806. The first-order valence-corrected chi connectivity index (χ1v) is 9.62. The molecule has 3 rings (SSSR count). The van der Waals surface area contributed by atoms with Crippen LogP contribution in [-0.2, 0) is 23.7 Å². The molecule has 6 nitrogen and oxygen atoms in total. The fraction of sp³-hybridized carbons (Fsp3) is 0.524. The molecule has 2 heterocycles. The van der Waals surface area contributed by atoms with E-state index >= 15 is 0 Å². The molecule has 0 unspecified atom stereocenters. The number of ether oxygens (including phenoxy) is 1. The van der Waals surface area contributed by atoms with Crippen LogP contribution in [0.1, 0.15) is 35.4 Å². The van der Waals surface area contributed by atoms with E-state index in [4.69, 9.17) is 4.74 Å². The van der Waals surface area contributed by atoms with Crippen LogP contribution in [0.15, 0.2) is 35.3 Å². The fourth-order valence-corrected chi connectivity index (χ4v) is 3.84. The zero-order chi connectivity index (χ0) is 19.3. The minimum absolute atomic E-state index is 0.0806. The van der Waals surface area contributed by atoms with Gasteiger partial charge in [-0.1, -0.05) is 30.3 Å². The van der Waals surface area contributed by atoms with Gasteiger partial charge >= 0.3 is 0 Å². The molecular formula is C21H31N5O. The Hall–Kier alpha value is -2.34. The molecule has 0 amide bonds. The summed E-state index contributed by atoms with van der Waals surface area (Å²) in [7, 11) is 3.80. The average Bonchev–Trinajstić information content (AvgIpc) is 2.95.